The number of furan rings is 1. The highest BCUT2D eigenvalue weighted by Gasteiger charge is 2.26. The number of nitrogens with zero attached hydrogens (tertiary/aromatic N) is 3. The van der Waals surface area contributed by atoms with Gasteiger partial charge in [-0.2, -0.15) is 0 Å². The number of carbonyl (C=O) groups excluding carboxylic acids is 1. The van der Waals surface area contributed by atoms with E-state index in [2.05, 4.69) is 13.8 Å². The van der Waals surface area contributed by atoms with Crippen LogP contribution in [0.3, 0.4) is 0 Å². The van der Waals surface area contributed by atoms with Crippen LogP contribution in [0.4, 0.5) is 0 Å². The lowest BCUT2D eigenvalue weighted by atomic mass is 9.89. The molecule has 1 fully saturated rings. The molecule has 8 heteroatoms. The molecule has 6 nitrogen and oxygen atoms in total. The monoisotopic (exact) mass is 471 g/mol. The third-order valence-corrected chi connectivity index (χ3v) is 8.72. The summed E-state index contributed by atoms with van der Waals surface area (Å²) in [6, 6.07) is 3.70. The Balaban J connectivity index is 1.48. The standard InChI is InChI=1S/C24H29N3O3S2/c1-15-7-8-18-19(11-15)32-22-21(18)23(29)27(13-17-6-4-10-30-17)24(25-22)31-14-20(28)26-9-3-5-16(2)12-26/h4,6,10,15-16H,3,5,7-9,11-14H2,1-2H3. The number of fused-ring (bicyclic) bond motifs is 3. The van der Waals surface area contributed by atoms with Gasteiger partial charge < -0.3 is 9.32 Å². The number of thiophene rings is 1. The van der Waals surface area contributed by atoms with Crippen LogP contribution in [0.5, 0.6) is 0 Å². The first-order chi connectivity index (χ1) is 15.5. The Labute approximate surface area is 196 Å². The smallest absolute Gasteiger partial charge is 0.263 e. The Hall–Kier alpha value is -2.06. The van der Waals surface area contributed by atoms with Gasteiger partial charge in [0.15, 0.2) is 5.16 Å². The molecule has 2 aliphatic rings. The molecule has 1 aliphatic heterocycles. The van der Waals surface area contributed by atoms with Gasteiger partial charge in [0.25, 0.3) is 5.56 Å². The second-order valence-electron chi connectivity index (χ2n) is 9.27. The maximum atomic E-state index is 13.7. The van der Waals surface area contributed by atoms with Crippen LogP contribution >= 0.6 is 23.1 Å². The van der Waals surface area contributed by atoms with Crippen molar-refractivity contribution in [3.8, 4) is 0 Å². The van der Waals surface area contributed by atoms with Crippen molar-refractivity contribution in [3.05, 3.63) is 45.0 Å². The SMILES string of the molecule is CC1CCc2c(sc3nc(SCC(=O)N4CCCC(C)C4)n(Cc4ccco4)c(=O)c23)C1. The Bertz CT molecular complexity index is 1180. The van der Waals surface area contributed by atoms with Crippen LogP contribution in [0.1, 0.15) is 49.3 Å². The average molecular weight is 472 g/mol. The Kier molecular flexibility index (Phi) is 6.16. The fraction of sp³-hybridized carbons (Fsp3) is 0.542. The summed E-state index contributed by atoms with van der Waals surface area (Å²) < 4.78 is 7.23. The van der Waals surface area contributed by atoms with Crippen molar-refractivity contribution in [2.24, 2.45) is 11.8 Å². The molecule has 5 rings (SSSR count). The van der Waals surface area contributed by atoms with Gasteiger partial charge >= 0.3 is 0 Å². The van der Waals surface area contributed by atoms with Gasteiger partial charge in [-0.05, 0) is 61.6 Å². The number of likely N-dealkylation sites (tertiary alicyclic amines) is 1. The lowest BCUT2D eigenvalue weighted by Gasteiger charge is -2.30. The summed E-state index contributed by atoms with van der Waals surface area (Å²) >= 11 is 3.03. The van der Waals surface area contributed by atoms with E-state index in [1.807, 2.05) is 17.0 Å². The fourth-order valence-corrected chi connectivity index (χ4v) is 7.17. The molecule has 0 saturated carbocycles. The summed E-state index contributed by atoms with van der Waals surface area (Å²) in [7, 11) is 0. The summed E-state index contributed by atoms with van der Waals surface area (Å²) in [5.74, 6) is 2.32. The number of piperidine rings is 1. The van der Waals surface area contributed by atoms with E-state index < -0.39 is 0 Å². The topological polar surface area (TPSA) is 68.3 Å². The number of hydrogen-bond donors (Lipinski definition) is 0. The largest absolute Gasteiger partial charge is 0.467 e. The van der Waals surface area contributed by atoms with E-state index in [1.165, 1.54) is 28.6 Å². The molecule has 0 aromatic carbocycles. The van der Waals surface area contributed by atoms with Crippen LogP contribution < -0.4 is 5.56 Å². The fourth-order valence-electron chi connectivity index (χ4n) is 4.85. The molecule has 0 spiro atoms. The Morgan fingerprint density at radius 3 is 2.97 bits per heavy atom. The molecule has 32 heavy (non-hydrogen) atoms. The zero-order valence-electron chi connectivity index (χ0n) is 18.6. The first-order valence-electron chi connectivity index (χ1n) is 11.5. The van der Waals surface area contributed by atoms with Gasteiger partial charge in [-0.15, -0.1) is 11.3 Å². The molecule has 4 heterocycles. The second kappa shape index (κ2) is 9.06. The predicted molar refractivity (Wildman–Crippen MR) is 129 cm³/mol. The van der Waals surface area contributed by atoms with Crippen molar-refractivity contribution in [1.29, 1.82) is 0 Å². The molecule has 1 saturated heterocycles. The molecule has 1 amide bonds. The van der Waals surface area contributed by atoms with Crippen LogP contribution in [0.15, 0.2) is 32.8 Å². The molecule has 0 N–H and O–H groups in total. The van der Waals surface area contributed by atoms with E-state index in [9.17, 15) is 9.59 Å². The number of aromatic nitrogens is 2. The maximum Gasteiger partial charge on any atom is 0.263 e. The highest BCUT2D eigenvalue weighted by Crippen LogP contribution is 2.36. The molecule has 2 unspecified atom stereocenters. The van der Waals surface area contributed by atoms with E-state index in [0.29, 0.717) is 35.1 Å². The molecule has 170 valence electrons. The Morgan fingerprint density at radius 1 is 1.31 bits per heavy atom. The van der Waals surface area contributed by atoms with Crippen LogP contribution in [0, 0.1) is 11.8 Å². The number of hydrogen-bond acceptors (Lipinski definition) is 6. The molecule has 3 aromatic heterocycles. The number of carbonyl (C=O) groups is 1. The number of amides is 1. The van der Waals surface area contributed by atoms with Gasteiger partial charge in [0, 0.05) is 18.0 Å². The van der Waals surface area contributed by atoms with Crippen LogP contribution in [0.25, 0.3) is 10.2 Å². The molecular weight excluding hydrogens is 442 g/mol. The van der Waals surface area contributed by atoms with E-state index in [1.54, 1.807) is 22.2 Å². The zero-order valence-corrected chi connectivity index (χ0v) is 20.3. The predicted octanol–water partition coefficient (Wildman–Crippen LogP) is 4.57. The van der Waals surface area contributed by atoms with Crippen molar-refractivity contribution in [3.63, 3.8) is 0 Å². The van der Waals surface area contributed by atoms with Crippen LogP contribution in [0.2, 0.25) is 0 Å². The third kappa shape index (κ3) is 4.27. The van der Waals surface area contributed by atoms with E-state index in [4.69, 9.17) is 9.40 Å². The minimum atomic E-state index is -0.0139. The normalized spacial score (nSPS) is 21.1. The van der Waals surface area contributed by atoms with Gasteiger partial charge in [-0.3, -0.25) is 14.2 Å². The van der Waals surface area contributed by atoms with Crippen molar-refractivity contribution in [2.75, 3.05) is 18.8 Å². The second-order valence-corrected chi connectivity index (χ2v) is 11.3. The number of rotatable bonds is 5. The van der Waals surface area contributed by atoms with E-state index >= 15 is 0 Å². The van der Waals surface area contributed by atoms with E-state index in [0.717, 1.165) is 49.0 Å². The molecule has 0 bridgehead atoms. The van der Waals surface area contributed by atoms with Gasteiger partial charge in [0.05, 0.1) is 23.9 Å². The van der Waals surface area contributed by atoms with Gasteiger partial charge in [0.2, 0.25) is 5.91 Å². The van der Waals surface area contributed by atoms with Crippen molar-refractivity contribution in [1.82, 2.24) is 14.5 Å². The van der Waals surface area contributed by atoms with Crippen molar-refractivity contribution >= 4 is 39.2 Å². The summed E-state index contributed by atoms with van der Waals surface area (Å²) in [5.41, 5.74) is 1.17. The quantitative estimate of drug-likeness (QED) is 0.403. The van der Waals surface area contributed by atoms with Crippen LogP contribution in [-0.2, 0) is 24.2 Å². The van der Waals surface area contributed by atoms with Gasteiger partial charge in [0.1, 0.15) is 10.6 Å². The number of thioether (sulfide) groups is 1. The molecule has 0 radical (unpaired) electrons. The highest BCUT2D eigenvalue weighted by atomic mass is 32.2. The highest BCUT2D eigenvalue weighted by molar-refractivity contribution is 7.99. The summed E-state index contributed by atoms with van der Waals surface area (Å²) in [5, 5.41) is 1.37. The minimum absolute atomic E-state index is 0.0139. The van der Waals surface area contributed by atoms with Crippen LogP contribution in [-0.4, -0.2) is 39.2 Å². The molecule has 3 aromatic rings. The molecular formula is C24H29N3O3S2. The van der Waals surface area contributed by atoms with Crippen molar-refractivity contribution < 1.29 is 9.21 Å². The summed E-state index contributed by atoms with van der Waals surface area (Å²) in [6.45, 7) is 6.44. The molecule has 1 aliphatic carbocycles. The summed E-state index contributed by atoms with van der Waals surface area (Å²) in [6.07, 6.45) is 6.92. The zero-order chi connectivity index (χ0) is 22.2. The lowest BCUT2D eigenvalue weighted by molar-refractivity contribution is -0.130. The van der Waals surface area contributed by atoms with E-state index in [-0.39, 0.29) is 11.5 Å². The number of aryl methyl sites for hydroxylation is 1. The first kappa shape index (κ1) is 21.8. The summed E-state index contributed by atoms with van der Waals surface area (Å²) in [4.78, 5) is 35.5. The molecule has 2 atom stereocenters. The average Bonchev–Trinajstić information content (AvgIpc) is 3.41. The van der Waals surface area contributed by atoms with Gasteiger partial charge in [-0.1, -0.05) is 25.6 Å². The van der Waals surface area contributed by atoms with Crippen molar-refractivity contribution in [2.45, 2.75) is 57.7 Å². The minimum Gasteiger partial charge on any atom is -0.467 e. The maximum absolute atomic E-state index is 13.7. The first-order valence-corrected chi connectivity index (χ1v) is 13.3. The third-order valence-electron chi connectivity index (χ3n) is 6.61. The Morgan fingerprint density at radius 2 is 2.19 bits per heavy atom. The van der Waals surface area contributed by atoms with Gasteiger partial charge in [-0.25, -0.2) is 4.98 Å². The lowest BCUT2D eigenvalue weighted by Crippen LogP contribution is -2.40.